The predicted octanol–water partition coefficient (Wildman–Crippen LogP) is 6.69. The van der Waals surface area contributed by atoms with Crippen LogP contribution in [0.25, 0.3) is 6.08 Å². The minimum absolute atomic E-state index is 0.0354. The first-order chi connectivity index (χ1) is 12.6. The van der Waals surface area contributed by atoms with Crippen LogP contribution in [0.2, 0.25) is 10.0 Å². The molecule has 2 heterocycles. The number of hydrogen-bond donors (Lipinski definition) is 0. The third-order valence-corrected chi connectivity index (χ3v) is 5.45. The Morgan fingerprint density at radius 3 is 2.62 bits per heavy atom. The summed E-state index contributed by atoms with van der Waals surface area (Å²) in [5.74, 6) is 1.57. The van der Waals surface area contributed by atoms with Crippen molar-refractivity contribution in [3.8, 4) is 5.75 Å². The van der Waals surface area contributed by atoms with Gasteiger partial charge in [-0.05, 0) is 55.0 Å². The highest BCUT2D eigenvalue weighted by atomic mass is 35.5. The second-order valence-electron chi connectivity index (χ2n) is 5.46. The molecule has 2 aromatic heterocycles. The minimum atomic E-state index is -0.0354. The zero-order chi connectivity index (χ0) is 18.5. The third-order valence-electron chi connectivity index (χ3n) is 3.61. The van der Waals surface area contributed by atoms with Crippen molar-refractivity contribution in [1.29, 1.82) is 0 Å². The molecule has 0 aliphatic heterocycles. The molecule has 134 valence electrons. The first-order valence-electron chi connectivity index (χ1n) is 8.03. The number of furan rings is 1. The summed E-state index contributed by atoms with van der Waals surface area (Å²) < 4.78 is 11.3. The second kappa shape index (κ2) is 8.58. The van der Waals surface area contributed by atoms with E-state index in [0.29, 0.717) is 27.3 Å². The summed E-state index contributed by atoms with van der Waals surface area (Å²) in [6.45, 7) is 2.26. The summed E-state index contributed by atoms with van der Waals surface area (Å²) in [4.78, 5) is 14.1. The molecule has 0 atom stereocenters. The van der Waals surface area contributed by atoms with Crippen LogP contribution < -0.4 is 4.74 Å². The SMILES string of the molecule is CCc1ccc(C(=O)/C=C/c2ccc(COc3c(Cl)cccc3Cl)o2)s1. The molecule has 6 heteroatoms. The first-order valence-corrected chi connectivity index (χ1v) is 9.60. The number of carbonyl (C=O) groups excluding carboxylic acids is 1. The van der Waals surface area contributed by atoms with Crippen molar-refractivity contribution >= 4 is 46.4 Å². The van der Waals surface area contributed by atoms with Gasteiger partial charge in [-0.25, -0.2) is 0 Å². The fourth-order valence-corrected chi connectivity index (χ4v) is 3.64. The van der Waals surface area contributed by atoms with Gasteiger partial charge < -0.3 is 9.15 Å². The topological polar surface area (TPSA) is 39.4 Å². The summed E-state index contributed by atoms with van der Waals surface area (Å²) in [5.41, 5.74) is 0. The maximum absolute atomic E-state index is 12.2. The van der Waals surface area contributed by atoms with Crippen molar-refractivity contribution in [1.82, 2.24) is 0 Å². The number of allylic oxidation sites excluding steroid dienone is 1. The van der Waals surface area contributed by atoms with Crippen molar-refractivity contribution in [2.75, 3.05) is 0 Å². The Morgan fingerprint density at radius 2 is 1.92 bits per heavy atom. The number of para-hydroxylation sites is 1. The van der Waals surface area contributed by atoms with Gasteiger partial charge in [0.2, 0.25) is 0 Å². The van der Waals surface area contributed by atoms with Crippen LogP contribution >= 0.6 is 34.5 Å². The van der Waals surface area contributed by atoms with Crippen molar-refractivity contribution in [3.05, 3.63) is 79.9 Å². The van der Waals surface area contributed by atoms with Crippen LogP contribution in [-0.4, -0.2) is 5.78 Å². The van der Waals surface area contributed by atoms with E-state index in [9.17, 15) is 4.79 Å². The van der Waals surface area contributed by atoms with E-state index in [1.165, 1.54) is 22.3 Å². The fraction of sp³-hybridized carbons (Fsp3) is 0.150. The molecule has 0 aliphatic rings. The fourth-order valence-electron chi connectivity index (χ4n) is 2.27. The highest BCUT2D eigenvalue weighted by molar-refractivity contribution is 7.14. The Bertz CT molecular complexity index is 920. The largest absolute Gasteiger partial charge is 0.483 e. The molecule has 0 spiro atoms. The Balaban J connectivity index is 1.61. The number of carbonyl (C=O) groups is 1. The number of hydrogen-bond acceptors (Lipinski definition) is 4. The molecule has 0 fully saturated rings. The molecule has 0 unspecified atom stereocenters. The molecule has 3 rings (SSSR count). The number of aryl methyl sites for hydroxylation is 1. The van der Waals surface area contributed by atoms with E-state index in [-0.39, 0.29) is 12.4 Å². The standard InChI is InChI=1S/C20H16Cl2O3S/c1-2-15-9-11-19(26-15)18(23)10-8-13-6-7-14(25-13)12-24-20-16(21)4-3-5-17(20)22/h3-11H,2,12H2,1H3/b10-8+. The Hall–Kier alpha value is -2.01. The molecule has 0 aliphatic carbocycles. The minimum Gasteiger partial charge on any atom is -0.483 e. The van der Waals surface area contributed by atoms with Gasteiger partial charge in [-0.15, -0.1) is 11.3 Å². The smallest absolute Gasteiger partial charge is 0.195 e. The van der Waals surface area contributed by atoms with Crippen LogP contribution in [0.3, 0.4) is 0 Å². The van der Waals surface area contributed by atoms with Crippen LogP contribution in [0.15, 0.2) is 53.0 Å². The van der Waals surface area contributed by atoms with E-state index in [1.54, 1.807) is 36.4 Å². The van der Waals surface area contributed by atoms with Crippen LogP contribution in [0.4, 0.5) is 0 Å². The van der Waals surface area contributed by atoms with Gasteiger partial charge in [0.15, 0.2) is 11.5 Å². The van der Waals surface area contributed by atoms with Crippen LogP contribution in [0.5, 0.6) is 5.75 Å². The van der Waals surface area contributed by atoms with Gasteiger partial charge in [0, 0.05) is 4.88 Å². The molecule has 0 N–H and O–H groups in total. The van der Waals surface area contributed by atoms with E-state index in [1.807, 2.05) is 12.1 Å². The maximum Gasteiger partial charge on any atom is 0.195 e. The lowest BCUT2D eigenvalue weighted by molar-refractivity contribution is 0.105. The van der Waals surface area contributed by atoms with E-state index < -0.39 is 0 Å². The average molecular weight is 407 g/mol. The molecule has 3 aromatic rings. The van der Waals surface area contributed by atoms with Crippen molar-refractivity contribution in [3.63, 3.8) is 0 Å². The normalized spacial score (nSPS) is 11.2. The zero-order valence-electron chi connectivity index (χ0n) is 14.0. The van der Waals surface area contributed by atoms with Gasteiger partial charge in [-0.3, -0.25) is 4.79 Å². The van der Waals surface area contributed by atoms with E-state index in [0.717, 1.165) is 11.3 Å². The number of ether oxygens (including phenoxy) is 1. The molecular weight excluding hydrogens is 391 g/mol. The molecule has 3 nitrogen and oxygen atoms in total. The van der Waals surface area contributed by atoms with E-state index >= 15 is 0 Å². The maximum atomic E-state index is 12.2. The van der Waals surface area contributed by atoms with Gasteiger partial charge in [0.1, 0.15) is 18.1 Å². The number of ketones is 1. The van der Waals surface area contributed by atoms with Gasteiger partial charge >= 0.3 is 0 Å². The van der Waals surface area contributed by atoms with Gasteiger partial charge in [-0.1, -0.05) is 36.2 Å². The van der Waals surface area contributed by atoms with Crippen molar-refractivity contribution in [2.45, 2.75) is 20.0 Å². The third kappa shape index (κ3) is 4.58. The molecule has 1 aromatic carbocycles. The highest BCUT2D eigenvalue weighted by Crippen LogP contribution is 2.33. The lowest BCUT2D eigenvalue weighted by Crippen LogP contribution is -1.95. The number of thiophene rings is 1. The van der Waals surface area contributed by atoms with Crippen molar-refractivity contribution < 1.29 is 13.9 Å². The summed E-state index contributed by atoms with van der Waals surface area (Å²) >= 11 is 13.6. The van der Waals surface area contributed by atoms with Crippen LogP contribution in [0, 0.1) is 0 Å². The molecular formula is C20H16Cl2O3S. The number of rotatable bonds is 7. The monoisotopic (exact) mass is 406 g/mol. The number of benzene rings is 1. The lowest BCUT2D eigenvalue weighted by atomic mass is 10.2. The first kappa shape index (κ1) is 18.8. The molecule has 0 saturated carbocycles. The van der Waals surface area contributed by atoms with Gasteiger partial charge in [-0.2, -0.15) is 0 Å². The Kier molecular flexibility index (Phi) is 6.20. The van der Waals surface area contributed by atoms with Gasteiger partial charge in [0.05, 0.1) is 14.9 Å². The second-order valence-corrected chi connectivity index (χ2v) is 7.44. The summed E-state index contributed by atoms with van der Waals surface area (Å²) in [6, 6.07) is 12.6. The van der Waals surface area contributed by atoms with E-state index in [4.69, 9.17) is 32.4 Å². The molecule has 0 bridgehead atoms. The summed E-state index contributed by atoms with van der Waals surface area (Å²) in [7, 11) is 0. The van der Waals surface area contributed by atoms with E-state index in [2.05, 4.69) is 6.92 Å². The molecule has 0 amide bonds. The Labute approximate surface area is 165 Å². The molecule has 0 radical (unpaired) electrons. The average Bonchev–Trinajstić information content (AvgIpc) is 3.28. The lowest BCUT2D eigenvalue weighted by Gasteiger charge is -2.07. The summed E-state index contributed by atoms with van der Waals surface area (Å²) in [5, 5.41) is 0.884. The molecule has 26 heavy (non-hydrogen) atoms. The molecule has 0 saturated heterocycles. The van der Waals surface area contributed by atoms with Crippen molar-refractivity contribution in [2.24, 2.45) is 0 Å². The van der Waals surface area contributed by atoms with Crippen LogP contribution in [0.1, 0.15) is 33.0 Å². The quantitative estimate of drug-likeness (QED) is 0.324. The Morgan fingerprint density at radius 1 is 1.15 bits per heavy atom. The number of halogens is 2. The van der Waals surface area contributed by atoms with Gasteiger partial charge in [0.25, 0.3) is 0 Å². The zero-order valence-corrected chi connectivity index (χ0v) is 16.3. The van der Waals surface area contributed by atoms with Crippen LogP contribution in [-0.2, 0) is 13.0 Å². The highest BCUT2D eigenvalue weighted by Gasteiger charge is 2.09. The summed E-state index contributed by atoms with van der Waals surface area (Å²) in [6.07, 6.45) is 4.10. The predicted molar refractivity (Wildman–Crippen MR) is 107 cm³/mol.